The zero-order valence-corrected chi connectivity index (χ0v) is 17.4. The van der Waals surface area contributed by atoms with Crippen molar-refractivity contribution in [2.75, 3.05) is 23.5 Å². The first-order valence-electron chi connectivity index (χ1n) is 9.70. The molecule has 0 unspecified atom stereocenters. The zero-order valence-electron chi connectivity index (χ0n) is 16.6. The van der Waals surface area contributed by atoms with Crippen LogP contribution in [0.2, 0.25) is 0 Å². The third-order valence-electron chi connectivity index (χ3n) is 5.15. The number of nitrogen functional groups attached to an aromatic ring is 1. The summed E-state index contributed by atoms with van der Waals surface area (Å²) in [6.07, 6.45) is 1.99. The molecule has 1 fully saturated rings. The number of amides is 1. The van der Waals surface area contributed by atoms with Crippen molar-refractivity contribution in [3.63, 3.8) is 0 Å². The van der Waals surface area contributed by atoms with Crippen LogP contribution in [0.3, 0.4) is 0 Å². The van der Waals surface area contributed by atoms with Gasteiger partial charge < -0.3 is 15.4 Å². The van der Waals surface area contributed by atoms with Gasteiger partial charge in [0.05, 0.1) is 22.6 Å². The van der Waals surface area contributed by atoms with Crippen LogP contribution in [-0.4, -0.2) is 38.3 Å². The van der Waals surface area contributed by atoms with Crippen LogP contribution in [0.15, 0.2) is 59.5 Å². The number of rotatable bonds is 5. The second-order valence-corrected chi connectivity index (χ2v) is 9.41. The molecule has 1 saturated heterocycles. The molecule has 156 valence electrons. The standard InChI is InChI=1S/C22H23N3O4S/c1-30(27,28)20-7-3-2-5-18(20)25(22(26)19-6-4-12-29-19)14-15-8-9-16-10-11-21(23)24-17(16)13-15/h2-3,5,7-11,13,19H,4,6,12,14H2,1H3,(H2,23,24)/t19-/m0/s1. The lowest BCUT2D eigenvalue weighted by molar-refractivity contribution is -0.127. The van der Waals surface area contributed by atoms with E-state index in [4.69, 9.17) is 10.5 Å². The van der Waals surface area contributed by atoms with Gasteiger partial charge in [-0.1, -0.05) is 24.3 Å². The third-order valence-corrected chi connectivity index (χ3v) is 6.29. The molecule has 2 aromatic carbocycles. The van der Waals surface area contributed by atoms with Crippen molar-refractivity contribution in [1.82, 2.24) is 4.98 Å². The van der Waals surface area contributed by atoms with Crippen molar-refractivity contribution in [2.24, 2.45) is 0 Å². The number of hydrogen-bond donors (Lipinski definition) is 1. The molecule has 0 aliphatic carbocycles. The van der Waals surface area contributed by atoms with Gasteiger partial charge in [0, 0.05) is 18.2 Å². The smallest absolute Gasteiger partial charge is 0.256 e. The lowest BCUT2D eigenvalue weighted by Gasteiger charge is -2.27. The Balaban J connectivity index is 1.78. The summed E-state index contributed by atoms with van der Waals surface area (Å²) in [5, 5.41) is 0.932. The lowest BCUT2D eigenvalue weighted by Crippen LogP contribution is -2.39. The zero-order chi connectivity index (χ0) is 21.3. The lowest BCUT2D eigenvalue weighted by atomic mass is 10.1. The fourth-order valence-electron chi connectivity index (χ4n) is 3.68. The minimum atomic E-state index is -3.53. The number of fused-ring (bicyclic) bond motifs is 1. The first-order chi connectivity index (χ1) is 14.3. The molecular weight excluding hydrogens is 402 g/mol. The van der Waals surface area contributed by atoms with E-state index in [0.29, 0.717) is 30.0 Å². The number of sulfone groups is 1. The number of pyridine rings is 1. The molecule has 1 aliphatic heterocycles. The van der Waals surface area contributed by atoms with Crippen LogP contribution < -0.4 is 10.6 Å². The Kier molecular flexibility index (Phi) is 5.44. The Bertz CT molecular complexity index is 1200. The Morgan fingerprint density at radius 3 is 2.70 bits per heavy atom. The number of hydrogen-bond acceptors (Lipinski definition) is 6. The molecule has 1 aromatic heterocycles. The molecular formula is C22H23N3O4S. The molecule has 0 saturated carbocycles. The molecule has 7 nitrogen and oxygen atoms in total. The number of carbonyl (C=O) groups is 1. The van der Waals surface area contributed by atoms with E-state index in [1.165, 1.54) is 11.0 Å². The molecule has 1 atom stereocenters. The number of para-hydroxylation sites is 1. The van der Waals surface area contributed by atoms with Crippen molar-refractivity contribution >= 4 is 38.2 Å². The molecule has 3 aromatic rings. The summed E-state index contributed by atoms with van der Waals surface area (Å²) in [5.74, 6) is 0.165. The maximum absolute atomic E-state index is 13.3. The van der Waals surface area contributed by atoms with Gasteiger partial charge in [-0.05, 0) is 48.7 Å². The highest BCUT2D eigenvalue weighted by atomic mass is 32.2. The normalized spacial score (nSPS) is 16.6. The van der Waals surface area contributed by atoms with Gasteiger partial charge in [-0.15, -0.1) is 0 Å². The maximum atomic E-state index is 13.3. The van der Waals surface area contributed by atoms with E-state index < -0.39 is 15.9 Å². The summed E-state index contributed by atoms with van der Waals surface area (Å²) in [6.45, 7) is 0.717. The van der Waals surface area contributed by atoms with Crippen LogP contribution in [0.5, 0.6) is 0 Å². The van der Waals surface area contributed by atoms with Crippen LogP contribution in [0.1, 0.15) is 18.4 Å². The predicted molar refractivity (Wildman–Crippen MR) is 116 cm³/mol. The SMILES string of the molecule is CS(=O)(=O)c1ccccc1N(Cc1ccc2ccc(N)nc2c1)C(=O)[C@@H]1CCCO1. The van der Waals surface area contributed by atoms with Gasteiger partial charge in [0.2, 0.25) is 0 Å². The summed E-state index contributed by atoms with van der Waals surface area (Å²) in [4.78, 5) is 19.3. The van der Waals surface area contributed by atoms with E-state index in [1.54, 1.807) is 24.3 Å². The van der Waals surface area contributed by atoms with Crippen molar-refractivity contribution < 1.29 is 17.9 Å². The monoisotopic (exact) mass is 425 g/mol. The number of nitrogens with two attached hydrogens (primary N) is 1. The summed E-state index contributed by atoms with van der Waals surface area (Å²) in [6, 6.07) is 15.8. The van der Waals surface area contributed by atoms with E-state index in [-0.39, 0.29) is 17.3 Å². The van der Waals surface area contributed by atoms with Gasteiger partial charge >= 0.3 is 0 Å². The van der Waals surface area contributed by atoms with Crippen LogP contribution >= 0.6 is 0 Å². The highest BCUT2D eigenvalue weighted by Crippen LogP contribution is 2.29. The van der Waals surface area contributed by atoms with Gasteiger partial charge in [0.25, 0.3) is 5.91 Å². The maximum Gasteiger partial charge on any atom is 0.256 e. The average Bonchev–Trinajstić information content (AvgIpc) is 3.25. The summed E-state index contributed by atoms with van der Waals surface area (Å²) < 4.78 is 30.3. The summed E-state index contributed by atoms with van der Waals surface area (Å²) >= 11 is 0. The molecule has 2 heterocycles. The fourth-order valence-corrected chi connectivity index (χ4v) is 4.57. The second kappa shape index (κ2) is 8.04. The number of aromatic nitrogens is 1. The van der Waals surface area contributed by atoms with Crippen LogP contribution in [-0.2, 0) is 25.9 Å². The molecule has 1 amide bonds. The van der Waals surface area contributed by atoms with Gasteiger partial charge in [0.1, 0.15) is 11.9 Å². The minimum absolute atomic E-state index is 0.111. The Hall–Kier alpha value is -2.97. The molecule has 0 spiro atoms. The highest BCUT2D eigenvalue weighted by molar-refractivity contribution is 7.90. The quantitative estimate of drug-likeness (QED) is 0.674. The number of ether oxygens (including phenoxy) is 1. The topological polar surface area (TPSA) is 103 Å². The second-order valence-electron chi connectivity index (χ2n) is 7.43. The number of anilines is 2. The van der Waals surface area contributed by atoms with E-state index in [0.717, 1.165) is 23.6 Å². The van der Waals surface area contributed by atoms with Gasteiger partial charge in [0.15, 0.2) is 9.84 Å². The molecule has 4 rings (SSSR count). The minimum Gasteiger partial charge on any atom is -0.384 e. The summed E-state index contributed by atoms with van der Waals surface area (Å²) in [7, 11) is -3.53. The third kappa shape index (κ3) is 4.15. The Morgan fingerprint density at radius 2 is 1.97 bits per heavy atom. The molecule has 8 heteroatoms. The number of carbonyl (C=O) groups excluding carboxylic acids is 1. The van der Waals surface area contributed by atoms with Crippen molar-refractivity contribution in [3.8, 4) is 0 Å². The van der Waals surface area contributed by atoms with Gasteiger partial charge in [-0.2, -0.15) is 0 Å². The van der Waals surface area contributed by atoms with E-state index in [1.807, 2.05) is 24.3 Å². The first-order valence-corrected chi connectivity index (χ1v) is 11.6. The Labute approximate surface area is 175 Å². The van der Waals surface area contributed by atoms with Crippen LogP contribution in [0.25, 0.3) is 10.9 Å². The predicted octanol–water partition coefficient (Wildman–Crippen LogP) is 2.93. The molecule has 1 aliphatic rings. The van der Waals surface area contributed by atoms with Gasteiger partial charge in [-0.3, -0.25) is 4.79 Å². The fraction of sp³-hybridized carbons (Fsp3) is 0.273. The van der Waals surface area contributed by atoms with Crippen molar-refractivity contribution in [3.05, 3.63) is 60.2 Å². The summed E-state index contributed by atoms with van der Waals surface area (Å²) in [5.41, 5.74) is 7.69. The molecule has 2 N–H and O–H groups in total. The van der Waals surface area contributed by atoms with Crippen molar-refractivity contribution in [1.29, 1.82) is 0 Å². The molecule has 30 heavy (non-hydrogen) atoms. The highest BCUT2D eigenvalue weighted by Gasteiger charge is 2.31. The van der Waals surface area contributed by atoms with Crippen LogP contribution in [0, 0.1) is 0 Å². The van der Waals surface area contributed by atoms with Crippen LogP contribution in [0.4, 0.5) is 11.5 Å². The molecule has 0 bridgehead atoms. The first kappa shape index (κ1) is 20.3. The number of benzene rings is 2. The van der Waals surface area contributed by atoms with E-state index in [9.17, 15) is 13.2 Å². The molecule has 0 radical (unpaired) electrons. The largest absolute Gasteiger partial charge is 0.384 e. The van der Waals surface area contributed by atoms with E-state index >= 15 is 0 Å². The van der Waals surface area contributed by atoms with Gasteiger partial charge in [-0.25, -0.2) is 13.4 Å². The number of nitrogens with zero attached hydrogens (tertiary/aromatic N) is 2. The van der Waals surface area contributed by atoms with Crippen molar-refractivity contribution in [2.45, 2.75) is 30.4 Å². The van der Waals surface area contributed by atoms with E-state index in [2.05, 4.69) is 4.98 Å². The average molecular weight is 426 g/mol. The Morgan fingerprint density at radius 1 is 1.20 bits per heavy atom.